The van der Waals surface area contributed by atoms with Crippen molar-refractivity contribution in [1.29, 1.82) is 0 Å². The van der Waals surface area contributed by atoms with Crippen LogP contribution in [-0.2, 0) is 19.1 Å². The first-order valence-electron chi connectivity index (χ1n) is 9.96. The van der Waals surface area contributed by atoms with Crippen molar-refractivity contribution >= 4 is 11.9 Å². The van der Waals surface area contributed by atoms with Gasteiger partial charge in [-0.05, 0) is 90.4 Å². The predicted molar refractivity (Wildman–Crippen MR) is 109 cm³/mol. The molecular formula is C23H42O4. The zero-order chi connectivity index (χ0) is 18.5. The Hall–Kier alpha value is -1.06. The molecule has 0 amide bonds. The molecule has 0 heterocycles. The quantitative estimate of drug-likeness (QED) is 0.547. The lowest BCUT2D eigenvalue weighted by molar-refractivity contribution is -0.189. The Bertz CT molecular complexity index is 511. The molecule has 0 radical (unpaired) electrons. The summed E-state index contributed by atoms with van der Waals surface area (Å²) in [5.74, 6) is 1.75. The second-order valence-electron chi connectivity index (χ2n) is 10.1. The van der Waals surface area contributed by atoms with Crippen LogP contribution >= 0.6 is 0 Å². The van der Waals surface area contributed by atoms with Gasteiger partial charge in [0.05, 0.1) is 12.0 Å². The van der Waals surface area contributed by atoms with Gasteiger partial charge in [0.15, 0.2) is 0 Å². The number of carbonyl (C=O) groups is 2. The Morgan fingerprint density at radius 2 is 1.33 bits per heavy atom. The largest absolute Gasteiger partial charge is 0.462 e. The van der Waals surface area contributed by atoms with Crippen molar-refractivity contribution in [2.24, 2.45) is 28.6 Å². The van der Waals surface area contributed by atoms with Crippen LogP contribution in [0, 0.1) is 28.6 Å². The second-order valence-corrected chi connectivity index (χ2v) is 10.1. The average molecular weight is 383 g/mol. The molecule has 0 aromatic rings. The summed E-state index contributed by atoms with van der Waals surface area (Å²) in [5, 5.41) is 0. The summed E-state index contributed by atoms with van der Waals surface area (Å²) in [6.45, 7) is 9.39. The molecule has 4 bridgehead atoms. The standard InChI is InChI=1S/C21H34O4.2CH4/c1-6-19(2,3)17(22)25-20(4,5)18(23)24-13-21-10-14-7-15(11-21)9-16(8-14)12-21;;/h14-16H,6-13H2,1-5H3;2*1H4. The molecule has 0 saturated heterocycles. The smallest absolute Gasteiger partial charge is 0.350 e. The zero-order valence-electron chi connectivity index (χ0n) is 16.5. The average Bonchev–Trinajstić information content (AvgIpc) is 2.50. The third kappa shape index (κ3) is 4.86. The van der Waals surface area contributed by atoms with Crippen LogP contribution in [-0.4, -0.2) is 24.1 Å². The summed E-state index contributed by atoms with van der Waals surface area (Å²) >= 11 is 0. The van der Waals surface area contributed by atoms with Crippen LogP contribution in [0.25, 0.3) is 0 Å². The number of ether oxygens (including phenoxy) is 2. The monoisotopic (exact) mass is 382 g/mol. The lowest BCUT2D eigenvalue weighted by Gasteiger charge is -2.56. The molecule has 4 saturated carbocycles. The molecule has 0 aromatic heterocycles. The van der Waals surface area contributed by atoms with Gasteiger partial charge >= 0.3 is 11.9 Å². The molecular weight excluding hydrogens is 340 g/mol. The molecule has 4 heteroatoms. The number of hydrogen-bond donors (Lipinski definition) is 0. The first-order chi connectivity index (χ1) is 11.6. The fraction of sp³-hybridized carbons (Fsp3) is 0.913. The topological polar surface area (TPSA) is 52.6 Å². The molecule has 0 aliphatic heterocycles. The van der Waals surface area contributed by atoms with E-state index < -0.39 is 17.0 Å². The lowest BCUT2D eigenvalue weighted by Crippen LogP contribution is -2.50. The van der Waals surface area contributed by atoms with Gasteiger partial charge in [-0.25, -0.2) is 4.79 Å². The Balaban J connectivity index is 0.00000182. The lowest BCUT2D eigenvalue weighted by atomic mass is 9.50. The summed E-state index contributed by atoms with van der Waals surface area (Å²) < 4.78 is 11.2. The number of hydrogen-bond acceptors (Lipinski definition) is 4. The molecule has 4 aliphatic carbocycles. The zero-order valence-corrected chi connectivity index (χ0v) is 16.5. The van der Waals surface area contributed by atoms with Crippen molar-refractivity contribution in [3.05, 3.63) is 0 Å². The van der Waals surface area contributed by atoms with Gasteiger partial charge in [-0.3, -0.25) is 4.79 Å². The fourth-order valence-corrected chi connectivity index (χ4v) is 5.42. The number of rotatable bonds is 6. The molecule has 27 heavy (non-hydrogen) atoms. The summed E-state index contributed by atoms with van der Waals surface area (Å²) in [7, 11) is 0. The van der Waals surface area contributed by atoms with Crippen molar-refractivity contribution in [2.45, 2.75) is 100 Å². The van der Waals surface area contributed by atoms with Gasteiger partial charge in [-0.1, -0.05) is 21.8 Å². The Labute approximate surface area is 166 Å². The first kappa shape index (κ1) is 24.0. The maximum atomic E-state index is 12.6. The van der Waals surface area contributed by atoms with Crippen LogP contribution in [0.2, 0.25) is 0 Å². The van der Waals surface area contributed by atoms with Gasteiger partial charge in [0.1, 0.15) is 0 Å². The minimum Gasteiger partial charge on any atom is -0.462 e. The highest BCUT2D eigenvalue weighted by molar-refractivity contribution is 5.84. The minimum absolute atomic E-state index is 0. The van der Waals surface area contributed by atoms with Crippen LogP contribution in [0.5, 0.6) is 0 Å². The van der Waals surface area contributed by atoms with E-state index in [0.717, 1.165) is 17.8 Å². The fourth-order valence-electron chi connectivity index (χ4n) is 5.42. The first-order valence-corrected chi connectivity index (χ1v) is 9.96. The minimum atomic E-state index is -1.23. The van der Waals surface area contributed by atoms with Gasteiger partial charge in [0.2, 0.25) is 5.60 Å². The molecule has 0 spiro atoms. The van der Waals surface area contributed by atoms with E-state index in [1.54, 1.807) is 13.8 Å². The van der Waals surface area contributed by atoms with Crippen molar-refractivity contribution in [2.75, 3.05) is 6.61 Å². The normalized spacial score (nSPS) is 31.5. The molecule has 158 valence electrons. The van der Waals surface area contributed by atoms with E-state index in [4.69, 9.17) is 9.47 Å². The summed E-state index contributed by atoms with van der Waals surface area (Å²) in [6.07, 6.45) is 8.41. The SMILES string of the molecule is C.C.CCC(C)(C)C(=O)OC(C)(C)C(=O)OCC12CC3CC(CC(C3)C1)C2. The Morgan fingerprint density at radius 1 is 0.889 bits per heavy atom. The molecule has 4 nitrogen and oxygen atoms in total. The van der Waals surface area contributed by atoms with E-state index >= 15 is 0 Å². The maximum absolute atomic E-state index is 12.6. The van der Waals surface area contributed by atoms with Crippen molar-refractivity contribution < 1.29 is 19.1 Å². The van der Waals surface area contributed by atoms with E-state index in [-0.39, 0.29) is 26.2 Å². The highest BCUT2D eigenvalue weighted by Gasteiger charge is 2.52. The number of esters is 2. The van der Waals surface area contributed by atoms with Gasteiger partial charge in [0.25, 0.3) is 0 Å². The maximum Gasteiger partial charge on any atom is 0.350 e. The Morgan fingerprint density at radius 3 is 1.74 bits per heavy atom. The van der Waals surface area contributed by atoms with Crippen LogP contribution in [0.1, 0.15) is 94.4 Å². The van der Waals surface area contributed by atoms with Crippen molar-refractivity contribution in [1.82, 2.24) is 0 Å². The summed E-state index contributed by atoms with van der Waals surface area (Å²) in [4.78, 5) is 24.9. The molecule has 4 rings (SSSR count). The highest BCUT2D eigenvalue weighted by Crippen LogP contribution is 2.60. The third-order valence-electron chi connectivity index (χ3n) is 6.95. The van der Waals surface area contributed by atoms with Crippen LogP contribution in [0.4, 0.5) is 0 Å². The third-order valence-corrected chi connectivity index (χ3v) is 6.95. The van der Waals surface area contributed by atoms with Crippen molar-refractivity contribution in [3.63, 3.8) is 0 Å². The molecule has 0 atom stereocenters. The van der Waals surface area contributed by atoms with Crippen LogP contribution < -0.4 is 0 Å². The van der Waals surface area contributed by atoms with Crippen LogP contribution in [0.15, 0.2) is 0 Å². The Kier molecular flexibility index (Phi) is 7.22. The van der Waals surface area contributed by atoms with E-state index in [0.29, 0.717) is 13.0 Å². The summed E-state index contributed by atoms with van der Waals surface area (Å²) in [5.41, 5.74) is -1.63. The van der Waals surface area contributed by atoms with E-state index in [1.807, 2.05) is 20.8 Å². The van der Waals surface area contributed by atoms with Crippen molar-refractivity contribution in [3.8, 4) is 0 Å². The van der Waals surface area contributed by atoms with Gasteiger partial charge in [-0.2, -0.15) is 0 Å². The summed E-state index contributed by atoms with van der Waals surface area (Å²) in [6, 6.07) is 0. The van der Waals surface area contributed by atoms with Crippen LogP contribution in [0.3, 0.4) is 0 Å². The molecule has 0 unspecified atom stereocenters. The van der Waals surface area contributed by atoms with E-state index in [9.17, 15) is 9.59 Å². The van der Waals surface area contributed by atoms with E-state index in [2.05, 4.69) is 0 Å². The number of carbonyl (C=O) groups excluding carboxylic acids is 2. The molecule has 4 aliphatic rings. The highest BCUT2D eigenvalue weighted by atomic mass is 16.6. The predicted octanol–water partition coefficient (Wildman–Crippen LogP) is 5.78. The molecule has 4 fully saturated rings. The van der Waals surface area contributed by atoms with E-state index in [1.165, 1.54) is 38.5 Å². The molecule has 0 N–H and O–H groups in total. The molecule has 0 aromatic carbocycles. The van der Waals surface area contributed by atoms with Gasteiger partial charge in [-0.15, -0.1) is 0 Å². The van der Waals surface area contributed by atoms with Gasteiger partial charge in [0, 0.05) is 5.41 Å². The second kappa shape index (κ2) is 8.13. The van der Waals surface area contributed by atoms with Gasteiger partial charge < -0.3 is 9.47 Å².